The van der Waals surface area contributed by atoms with Crippen molar-refractivity contribution < 1.29 is 18.5 Å². The molecule has 2 aromatic heterocycles. The van der Waals surface area contributed by atoms with Crippen LogP contribution in [0, 0.1) is 6.92 Å². The van der Waals surface area contributed by atoms with Crippen LogP contribution >= 0.6 is 0 Å². The van der Waals surface area contributed by atoms with Crippen molar-refractivity contribution in [3.63, 3.8) is 0 Å². The van der Waals surface area contributed by atoms with Crippen molar-refractivity contribution in [2.45, 2.75) is 110 Å². The van der Waals surface area contributed by atoms with Gasteiger partial charge in [0.1, 0.15) is 11.5 Å². The van der Waals surface area contributed by atoms with Gasteiger partial charge in [-0.15, -0.1) is 0 Å². The summed E-state index contributed by atoms with van der Waals surface area (Å²) in [6, 6.07) is 3.67. The zero-order valence-corrected chi connectivity index (χ0v) is 19.7. The molecule has 0 unspecified atom stereocenters. The smallest absolute Gasteiger partial charge is 0.254 e. The van der Waals surface area contributed by atoms with Gasteiger partial charge >= 0.3 is 0 Å². The third-order valence-electron chi connectivity index (χ3n) is 5.46. The zero-order valence-electron chi connectivity index (χ0n) is 19.7. The molecule has 0 amide bonds. The van der Waals surface area contributed by atoms with Crippen molar-refractivity contribution in [2.24, 2.45) is 0 Å². The zero-order chi connectivity index (χ0) is 22.0. The Hall–Kier alpha value is -1.98. The Labute approximate surface area is 188 Å². The first-order valence-corrected chi connectivity index (χ1v) is 12.4. The van der Waals surface area contributed by atoms with Gasteiger partial charge in [-0.3, -0.25) is 0 Å². The van der Waals surface area contributed by atoms with E-state index in [2.05, 4.69) is 17.2 Å². The van der Waals surface area contributed by atoms with Crippen LogP contribution in [0.4, 0.5) is 0 Å². The van der Waals surface area contributed by atoms with Gasteiger partial charge in [0.25, 0.3) is 11.8 Å². The number of rotatable bonds is 20. The van der Waals surface area contributed by atoms with Crippen LogP contribution in [0.3, 0.4) is 0 Å². The van der Waals surface area contributed by atoms with Gasteiger partial charge in [0.15, 0.2) is 0 Å². The molecule has 6 nitrogen and oxygen atoms in total. The summed E-state index contributed by atoms with van der Waals surface area (Å²) in [4.78, 5) is 0. The van der Waals surface area contributed by atoms with E-state index in [4.69, 9.17) is 18.5 Å². The summed E-state index contributed by atoms with van der Waals surface area (Å²) >= 11 is 0. The lowest BCUT2D eigenvalue weighted by Crippen LogP contribution is -2.05. The first-order chi connectivity index (χ1) is 15.3. The second-order valence-corrected chi connectivity index (χ2v) is 8.45. The van der Waals surface area contributed by atoms with Crippen LogP contribution in [-0.2, 0) is 6.42 Å². The van der Waals surface area contributed by atoms with E-state index < -0.39 is 0 Å². The van der Waals surface area contributed by atoms with Crippen LogP contribution in [0.2, 0.25) is 0 Å². The maximum Gasteiger partial charge on any atom is 0.254 e. The first-order valence-electron chi connectivity index (χ1n) is 12.4. The third kappa shape index (κ3) is 12.5. The number of aromatic nitrogens is 2. The molecule has 0 fully saturated rings. The molecule has 176 valence electrons. The van der Waals surface area contributed by atoms with Crippen molar-refractivity contribution in [3.8, 4) is 11.8 Å². The van der Waals surface area contributed by atoms with E-state index in [1.807, 2.05) is 13.0 Å². The lowest BCUT2D eigenvalue weighted by Gasteiger charge is -2.02. The fourth-order valence-electron chi connectivity index (χ4n) is 3.62. The monoisotopic (exact) mass is 434 g/mol. The molecule has 2 rings (SSSR count). The van der Waals surface area contributed by atoms with Crippen molar-refractivity contribution in [2.75, 3.05) is 13.2 Å². The lowest BCUT2D eigenvalue weighted by molar-refractivity contribution is 0.221. The van der Waals surface area contributed by atoms with Crippen LogP contribution in [0.25, 0.3) is 0 Å². The minimum atomic E-state index is 0.513. The molecule has 2 aromatic rings. The number of nitrogens with zero attached hydrogens (tertiary/aromatic N) is 2. The highest BCUT2D eigenvalue weighted by Gasteiger charge is 2.06. The Bertz CT molecular complexity index is 668. The number of hydrogen-bond acceptors (Lipinski definition) is 6. The van der Waals surface area contributed by atoms with Gasteiger partial charge in [0.2, 0.25) is 0 Å². The van der Waals surface area contributed by atoms with Crippen molar-refractivity contribution in [1.29, 1.82) is 0 Å². The summed E-state index contributed by atoms with van der Waals surface area (Å²) < 4.78 is 21.4. The average Bonchev–Trinajstić information content (AvgIpc) is 3.40. The lowest BCUT2D eigenvalue weighted by atomic mass is 10.0. The number of unbranched alkanes of at least 4 members (excludes halogenated alkanes) is 12. The van der Waals surface area contributed by atoms with Crippen LogP contribution < -0.4 is 9.47 Å². The summed E-state index contributed by atoms with van der Waals surface area (Å²) in [6.45, 7) is 5.17. The molecule has 0 aromatic carbocycles. The van der Waals surface area contributed by atoms with E-state index in [1.54, 1.807) is 6.07 Å². The molecule has 0 spiro atoms. The van der Waals surface area contributed by atoms with E-state index in [0.29, 0.717) is 25.0 Å². The summed E-state index contributed by atoms with van der Waals surface area (Å²) in [5, 5.41) is 7.77. The molecule has 0 aliphatic heterocycles. The Morgan fingerprint density at radius 1 is 0.645 bits per heavy atom. The van der Waals surface area contributed by atoms with Gasteiger partial charge in [-0.2, -0.15) is 0 Å². The predicted molar refractivity (Wildman–Crippen MR) is 123 cm³/mol. The number of ether oxygens (including phenoxy) is 2. The van der Waals surface area contributed by atoms with E-state index >= 15 is 0 Å². The molecule has 0 aliphatic carbocycles. The molecule has 2 heterocycles. The molecule has 0 saturated heterocycles. The summed E-state index contributed by atoms with van der Waals surface area (Å²) in [6.07, 6.45) is 19.4. The Balaban J connectivity index is 1.37. The first kappa shape index (κ1) is 25.3. The topological polar surface area (TPSA) is 70.5 Å². The second kappa shape index (κ2) is 16.7. The van der Waals surface area contributed by atoms with Crippen LogP contribution in [0.5, 0.6) is 11.8 Å². The molecule has 0 N–H and O–H groups in total. The largest absolute Gasteiger partial charge is 0.475 e. The highest BCUT2D eigenvalue weighted by Crippen LogP contribution is 2.16. The summed E-state index contributed by atoms with van der Waals surface area (Å²) in [5.41, 5.74) is 0. The highest BCUT2D eigenvalue weighted by atomic mass is 16.5. The SMILES string of the molecule is CCCCCCCCCCCCCCCc1cc(OCCCOc2cc(C)on2)no1. The molecule has 0 atom stereocenters. The van der Waals surface area contributed by atoms with Gasteiger partial charge in [-0.1, -0.05) is 84.0 Å². The Kier molecular flexibility index (Phi) is 13.6. The standard InChI is InChI=1S/C25H42N2O4/c1-3-4-5-6-7-8-9-10-11-12-13-14-15-17-23-21-25(27-31-23)29-19-16-18-28-24-20-22(2)30-26-24/h20-21H,3-19H2,1-2H3. The molecule has 0 bridgehead atoms. The van der Waals surface area contributed by atoms with Crippen LogP contribution in [0.1, 0.15) is 108 Å². The summed E-state index contributed by atoms with van der Waals surface area (Å²) in [7, 11) is 0. The number of aryl methyl sites for hydroxylation is 2. The summed E-state index contributed by atoms with van der Waals surface area (Å²) in [5.74, 6) is 2.72. The maximum atomic E-state index is 5.62. The van der Waals surface area contributed by atoms with E-state index in [0.717, 1.165) is 30.8 Å². The Morgan fingerprint density at radius 2 is 1.16 bits per heavy atom. The van der Waals surface area contributed by atoms with Gasteiger partial charge in [-0.05, 0) is 23.7 Å². The van der Waals surface area contributed by atoms with Gasteiger partial charge in [0, 0.05) is 25.0 Å². The Morgan fingerprint density at radius 3 is 1.71 bits per heavy atom. The quantitative estimate of drug-likeness (QED) is 0.201. The van der Waals surface area contributed by atoms with Gasteiger partial charge in [0.05, 0.1) is 13.2 Å². The van der Waals surface area contributed by atoms with E-state index in [1.165, 1.54) is 77.0 Å². The minimum Gasteiger partial charge on any atom is -0.475 e. The minimum absolute atomic E-state index is 0.513. The molecular weight excluding hydrogens is 392 g/mol. The molecular formula is C25H42N2O4. The molecule has 0 aliphatic rings. The molecule has 0 radical (unpaired) electrons. The maximum absolute atomic E-state index is 5.62. The average molecular weight is 435 g/mol. The van der Waals surface area contributed by atoms with Gasteiger partial charge < -0.3 is 18.5 Å². The van der Waals surface area contributed by atoms with Gasteiger partial charge in [-0.25, -0.2) is 0 Å². The highest BCUT2D eigenvalue weighted by molar-refractivity contribution is 5.11. The molecule has 0 saturated carbocycles. The molecule has 31 heavy (non-hydrogen) atoms. The van der Waals surface area contributed by atoms with E-state index in [9.17, 15) is 0 Å². The second-order valence-electron chi connectivity index (χ2n) is 8.45. The van der Waals surface area contributed by atoms with E-state index in [-0.39, 0.29) is 0 Å². The molecule has 6 heteroatoms. The normalized spacial score (nSPS) is 11.2. The fourth-order valence-corrected chi connectivity index (χ4v) is 3.62. The fraction of sp³-hybridized carbons (Fsp3) is 0.760. The van der Waals surface area contributed by atoms with Crippen molar-refractivity contribution in [3.05, 3.63) is 23.7 Å². The van der Waals surface area contributed by atoms with Crippen molar-refractivity contribution >= 4 is 0 Å². The third-order valence-corrected chi connectivity index (χ3v) is 5.46. The van der Waals surface area contributed by atoms with Crippen molar-refractivity contribution in [1.82, 2.24) is 10.3 Å². The van der Waals surface area contributed by atoms with Crippen LogP contribution in [-0.4, -0.2) is 23.5 Å². The van der Waals surface area contributed by atoms with Crippen LogP contribution in [0.15, 0.2) is 21.2 Å². The predicted octanol–water partition coefficient (Wildman–Crippen LogP) is 7.45. The number of hydrogen-bond donors (Lipinski definition) is 0.